The van der Waals surface area contributed by atoms with Crippen molar-refractivity contribution in [3.63, 3.8) is 0 Å². The highest BCUT2D eigenvalue weighted by Crippen LogP contribution is 2.20. The molecule has 0 atom stereocenters. The Labute approximate surface area is 161 Å². The maximum absolute atomic E-state index is 12.5. The van der Waals surface area contributed by atoms with Crippen molar-refractivity contribution >= 4 is 32.5 Å². The molecule has 146 valence electrons. The van der Waals surface area contributed by atoms with Crippen LogP contribution in [0.1, 0.15) is 21.5 Å². The molecule has 3 rings (SSSR count). The second-order valence-electron chi connectivity index (χ2n) is 6.47. The highest BCUT2D eigenvalue weighted by molar-refractivity contribution is 7.91. The van der Waals surface area contributed by atoms with Crippen molar-refractivity contribution in [2.24, 2.45) is 7.05 Å². The van der Waals surface area contributed by atoms with Gasteiger partial charge in [0.1, 0.15) is 0 Å². The van der Waals surface area contributed by atoms with Crippen LogP contribution in [-0.4, -0.2) is 24.1 Å². The summed E-state index contributed by atoms with van der Waals surface area (Å²) < 4.78 is 29.1. The molecule has 28 heavy (non-hydrogen) atoms. The summed E-state index contributed by atoms with van der Waals surface area (Å²) in [5, 5.41) is 9.44. The number of sulfonamides is 1. The normalized spacial score (nSPS) is 11.4. The van der Waals surface area contributed by atoms with Gasteiger partial charge in [-0.1, -0.05) is 12.1 Å². The van der Waals surface area contributed by atoms with E-state index in [0.717, 1.165) is 5.39 Å². The Morgan fingerprint density at radius 3 is 2.61 bits per heavy atom. The van der Waals surface area contributed by atoms with Crippen LogP contribution in [0.25, 0.3) is 10.9 Å². The smallest absolute Gasteiger partial charge is 0.274 e. The summed E-state index contributed by atoms with van der Waals surface area (Å²) in [5.41, 5.74) is 3.58. The third-order valence-electron chi connectivity index (χ3n) is 4.32. The van der Waals surface area contributed by atoms with Gasteiger partial charge in [-0.3, -0.25) is 19.5 Å². The minimum Gasteiger partial charge on any atom is -0.311 e. The van der Waals surface area contributed by atoms with E-state index in [9.17, 15) is 18.0 Å². The second-order valence-corrected chi connectivity index (χ2v) is 8.19. The highest BCUT2D eigenvalue weighted by atomic mass is 32.2. The Hall–Kier alpha value is -3.17. The van der Waals surface area contributed by atoms with Gasteiger partial charge < -0.3 is 4.57 Å². The lowest BCUT2D eigenvalue weighted by atomic mass is 10.1. The predicted octanol–water partition coefficient (Wildman–Crippen LogP) is 1.91. The number of aryl methyl sites for hydroxylation is 2. The Morgan fingerprint density at radius 1 is 1.14 bits per heavy atom. The van der Waals surface area contributed by atoms with E-state index >= 15 is 0 Å². The Balaban J connectivity index is 1.87. The van der Waals surface area contributed by atoms with Crippen LogP contribution in [-0.2, 0) is 22.8 Å². The molecule has 1 amide bonds. The van der Waals surface area contributed by atoms with Crippen molar-refractivity contribution in [1.82, 2.24) is 10.0 Å². The summed E-state index contributed by atoms with van der Waals surface area (Å²) in [6.45, 7) is 1.70. The van der Waals surface area contributed by atoms with Crippen LogP contribution in [0.4, 0.5) is 5.69 Å². The number of hydrogen-bond donors (Lipinski definition) is 3. The van der Waals surface area contributed by atoms with Crippen LogP contribution in [0.15, 0.2) is 53.3 Å². The molecule has 3 aromatic rings. The van der Waals surface area contributed by atoms with Gasteiger partial charge in [-0.2, -0.15) is 0 Å². The number of hydroxylamine groups is 1. The van der Waals surface area contributed by atoms with Crippen LogP contribution in [0.5, 0.6) is 0 Å². The van der Waals surface area contributed by atoms with Gasteiger partial charge in [-0.05, 0) is 48.9 Å². The molecule has 0 spiro atoms. The molecule has 3 N–H and O–H groups in total. The number of rotatable bonds is 5. The number of aromatic nitrogens is 1. The number of nitrogens with zero attached hydrogens (tertiary/aromatic N) is 1. The third-order valence-corrected chi connectivity index (χ3v) is 5.58. The zero-order valence-corrected chi connectivity index (χ0v) is 16.1. The number of benzene rings is 2. The van der Waals surface area contributed by atoms with Gasteiger partial charge in [0.2, 0.25) is 10.0 Å². The molecule has 9 heteroatoms. The topological polar surface area (TPSA) is 118 Å². The van der Waals surface area contributed by atoms with Crippen molar-refractivity contribution in [1.29, 1.82) is 0 Å². The molecule has 0 radical (unpaired) electrons. The lowest BCUT2D eigenvalue weighted by Crippen LogP contribution is -2.20. The number of nitrogens with one attached hydrogen (secondary N) is 2. The van der Waals surface area contributed by atoms with E-state index in [0.29, 0.717) is 22.3 Å². The number of anilines is 1. The molecule has 0 fully saturated rings. The van der Waals surface area contributed by atoms with Crippen molar-refractivity contribution in [3.05, 3.63) is 75.6 Å². The number of amides is 1. The molecule has 0 saturated carbocycles. The first kappa shape index (κ1) is 19.6. The zero-order valence-electron chi connectivity index (χ0n) is 15.3. The highest BCUT2D eigenvalue weighted by Gasteiger charge is 2.14. The van der Waals surface area contributed by atoms with Gasteiger partial charge in [-0.25, -0.2) is 13.9 Å². The standard InChI is InChI=1S/C19H19N3O5S/c1-12-8-15-10-16(6-7-17(15)22(2)19(12)24)21-28(26,27)11-13-4-3-5-14(9-13)18(23)20-25/h3-10,21,25H,11H2,1-2H3,(H,20,23). The summed E-state index contributed by atoms with van der Waals surface area (Å²) in [4.78, 5) is 23.5. The van der Waals surface area contributed by atoms with Gasteiger partial charge in [0.25, 0.3) is 11.5 Å². The second kappa shape index (κ2) is 7.45. The number of pyridine rings is 1. The molecule has 0 aliphatic rings. The molecule has 8 nitrogen and oxygen atoms in total. The average molecular weight is 401 g/mol. The van der Waals surface area contributed by atoms with Gasteiger partial charge in [0.05, 0.1) is 11.3 Å². The van der Waals surface area contributed by atoms with E-state index in [1.54, 1.807) is 44.3 Å². The molecule has 1 aromatic heterocycles. The fraction of sp³-hybridized carbons (Fsp3) is 0.158. The first-order valence-corrected chi connectivity index (χ1v) is 9.99. The maximum atomic E-state index is 12.5. The lowest BCUT2D eigenvalue weighted by Gasteiger charge is -2.11. The van der Waals surface area contributed by atoms with E-state index in [1.165, 1.54) is 28.2 Å². The van der Waals surface area contributed by atoms with E-state index in [2.05, 4.69) is 4.72 Å². The van der Waals surface area contributed by atoms with Gasteiger partial charge in [0.15, 0.2) is 0 Å². The molecule has 0 unspecified atom stereocenters. The fourth-order valence-corrected chi connectivity index (χ4v) is 4.19. The summed E-state index contributed by atoms with van der Waals surface area (Å²) in [6.07, 6.45) is 0. The van der Waals surface area contributed by atoms with Crippen LogP contribution in [0, 0.1) is 6.92 Å². The van der Waals surface area contributed by atoms with Crippen LogP contribution in [0.2, 0.25) is 0 Å². The molecule has 0 aliphatic heterocycles. The summed E-state index contributed by atoms with van der Waals surface area (Å²) in [7, 11) is -2.08. The van der Waals surface area contributed by atoms with Gasteiger partial charge >= 0.3 is 0 Å². The molecular formula is C19H19N3O5S. The van der Waals surface area contributed by atoms with E-state index < -0.39 is 15.9 Å². The van der Waals surface area contributed by atoms with E-state index in [4.69, 9.17) is 5.21 Å². The SMILES string of the molecule is Cc1cc2cc(NS(=O)(=O)Cc3cccc(C(=O)NO)c3)ccc2n(C)c1=O. The minimum absolute atomic E-state index is 0.104. The molecule has 0 bridgehead atoms. The van der Waals surface area contributed by atoms with Crippen molar-refractivity contribution in [2.45, 2.75) is 12.7 Å². The lowest BCUT2D eigenvalue weighted by molar-refractivity contribution is 0.0706. The molecule has 0 aliphatic carbocycles. The van der Waals surface area contributed by atoms with Gasteiger partial charge in [-0.15, -0.1) is 0 Å². The van der Waals surface area contributed by atoms with Gasteiger partial charge in [0, 0.05) is 29.2 Å². The predicted molar refractivity (Wildman–Crippen MR) is 106 cm³/mol. The Morgan fingerprint density at radius 2 is 1.89 bits per heavy atom. The Bertz CT molecular complexity index is 1230. The zero-order chi connectivity index (χ0) is 20.5. The number of carbonyl (C=O) groups excluding carboxylic acids is 1. The van der Waals surface area contributed by atoms with Crippen LogP contribution < -0.4 is 15.8 Å². The summed E-state index contributed by atoms with van der Waals surface area (Å²) in [5.74, 6) is -1.06. The van der Waals surface area contributed by atoms with E-state index in [-0.39, 0.29) is 16.9 Å². The largest absolute Gasteiger partial charge is 0.311 e. The van der Waals surface area contributed by atoms with Crippen molar-refractivity contribution < 1.29 is 18.4 Å². The minimum atomic E-state index is -3.75. The Kier molecular flexibility index (Phi) is 5.21. The first-order valence-electron chi connectivity index (χ1n) is 8.34. The molecule has 2 aromatic carbocycles. The molecular weight excluding hydrogens is 382 g/mol. The maximum Gasteiger partial charge on any atom is 0.274 e. The molecule has 1 heterocycles. The number of hydrogen-bond acceptors (Lipinski definition) is 5. The number of fused-ring (bicyclic) bond motifs is 1. The van der Waals surface area contributed by atoms with Crippen molar-refractivity contribution in [3.8, 4) is 0 Å². The number of carbonyl (C=O) groups is 1. The fourth-order valence-electron chi connectivity index (χ4n) is 3.01. The summed E-state index contributed by atoms with van der Waals surface area (Å²) >= 11 is 0. The average Bonchev–Trinajstić information content (AvgIpc) is 2.65. The summed E-state index contributed by atoms with van der Waals surface area (Å²) in [6, 6.07) is 12.6. The molecule has 0 saturated heterocycles. The van der Waals surface area contributed by atoms with Crippen molar-refractivity contribution in [2.75, 3.05) is 4.72 Å². The van der Waals surface area contributed by atoms with Crippen LogP contribution in [0.3, 0.4) is 0 Å². The quantitative estimate of drug-likeness (QED) is 0.446. The van der Waals surface area contributed by atoms with Crippen LogP contribution >= 0.6 is 0 Å². The first-order chi connectivity index (χ1) is 13.2. The third kappa shape index (κ3) is 4.05. The van der Waals surface area contributed by atoms with E-state index in [1.807, 2.05) is 0 Å². The monoisotopic (exact) mass is 401 g/mol.